The van der Waals surface area contributed by atoms with Crippen LogP contribution in [0.3, 0.4) is 0 Å². The molecule has 1 amide bonds. The van der Waals surface area contributed by atoms with Gasteiger partial charge in [0.05, 0.1) is 0 Å². The van der Waals surface area contributed by atoms with Crippen LogP contribution >= 0.6 is 11.3 Å². The van der Waals surface area contributed by atoms with E-state index in [0.717, 1.165) is 33.7 Å². The summed E-state index contributed by atoms with van der Waals surface area (Å²) in [7, 11) is 0. The Kier molecular flexibility index (Phi) is 5.55. The van der Waals surface area contributed by atoms with Crippen LogP contribution in [-0.2, 0) is 16.0 Å². The standard InChI is InChI=1S/C18H21NO3S/c1-5-14-9-16(23-13(14)4)18(21)22-10-17(20)19-15-8-11(2)6-7-12(15)3/h6-9H,5,10H2,1-4H3,(H,19,20). The Bertz CT molecular complexity index is 734. The number of amides is 1. The number of nitrogens with one attached hydrogen (secondary N) is 1. The summed E-state index contributed by atoms with van der Waals surface area (Å²) < 4.78 is 5.10. The molecule has 1 heterocycles. The molecule has 0 aliphatic heterocycles. The molecule has 23 heavy (non-hydrogen) atoms. The highest BCUT2D eigenvalue weighted by molar-refractivity contribution is 7.14. The van der Waals surface area contributed by atoms with Gasteiger partial charge in [-0.2, -0.15) is 0 Å². The van der Waals surface area contributed by atoms with Crippen LogP contribution in [0.25, 0.3) is 0 Å². The average Bonchev–Trinajstić information content (AvgIpc) is 2.89. The van der Waals surface area contributed by atoms with Crippen molar-refractivity contribution in [2.75, 3.05) is 11.9 Å². The van der Waals surface area contributed by atoms with Crippen molar-refractivity contribution in [1.82, 2.24) is 0 Å². The number of thiophene rings is 1. The van der Waals surface area contributed by atoms with E-state index < -0.39 is 5.97 Å². The molecular formula is C18H21NO3S. The molecule has 2 rings (SSSR count). The minimum absolute atomic E-state index is 0.287. The molecule has 0 spiro atoms. The summed E-state index contributed by atoms with van der Waals surface area (Å²) in [4.78, 5) is 25.6. The van der Waals surface area contributed by atoms with Gasteiger partial charge < -0.3 is 10.1 Å². The van der Waals surface area contributed by atoms with Crippen LogP contribution in [0.15, 0.2) is 24.3 Å². The van der Waals surface area contributed by atoms with Crippen molar-refractivity contribution in [3.8, 4) is 0 Å². The molecule has 4 nitrogen and oxygen atoms in total. The molecule has 0 aliphatic carbocycles. The molecule has 0 bridgehead atoms. The van der Waals surface area contributed by atoms with E-state index in [2.05, 4.69) is 5.32 Å². The SMILES string of the molecule is CCc1cc(C(=O)OCC(=O)Nc2cc(C)ccc2C)sc1C. The van der Waals surface area contributed by atoms with E-state index in [1.807, 2.05) is 52.0 Å². The summed E-state index contributed by atoms with van der Waals surface area (Å²) in [5.41, 5.74) is 3.91. The van der Waals surface area contributed by atoms with Gasteiger partial charge in [-0.1, -0.05) is 19.1 Å². The van der Waals surface area contributed by atoms with E-state index in [1.54, 1.807) is 0 Å². The van der Waals surface area contributed by atoms with Crippen LogP contribution in [0.1, 0.15) is 38.2 Å². The van der Waals surface area contributed by atoms with Gasteiger partial charge in [0.1, 0.15) is 4.88 Å². The van der Waals surface area contributed by atoms with Crippen LogP contribution < -0.4 is 5.32 Å². The van der Waals surface area contributed by atoms with Gasteiger partial charge in [-0.05, 0) is 56.0 Å². The van der Waals surface area contributed by atoms with E-state index in [1.165, 1.54) is 11.3 Å². The number of hydrogen-bond acceptors (Lipinski definition) is 4. The third-order valence-electron chi connectivity index (χ3n) is 3.60. The summed E-state index contributed by atoms with van der Waals surface area (Å²) in [5, 5.41) is 2.77. The fourth-order valence-electron chi connectivity index (χ4n) is 2.23. The molecule has 122 valence electrons. The van der Waals surface area contributed by atoms with Crippen LogP contribution in [-0.4, -0.2) is 18.5 Å². The molecule has 0 atom stereocenters. The Morgan fingerprint density at radius 2 is 1.91 bits per heavy atom. The van der Waals surface area contributed by atoms with Crippen molar-refractivity contribution >= 4 is 28.9 Å². The quantitative estimate of drug-likeness (QED) is 0.842. The predicted octanol–water partition coefficient (Wildman–Crippen LogP) is 4.03. The Labute approximate surface area is 140 Å². The smallest absolute Gasteiger partial charge is 0.348 e. The van der Waals surface area contributed by atoms with Gasteiger partial charge in [0, 0.05) is 10.6 Å². The molecule has 0 aliphatic rings. The van der Waals surface area contributed by atoms with Gasteiger partial charge in [-0.15, -0.1) is 11.3 Å². The minimum Gasteiger partial charge on any atom is -0.451 e. The zero-order valence-corrected chi connectivity index (χ0v) is 14.7. The lowest BCUT2D eigenvalue weighted by Gasteiger charge is -2.09. The summed E-state index contributed by atoms with van der Waals surface area (Å²) >= 11 is 1.40. The zero-order valence-electron chi connectivity index (χ0n) is 13.9. The maximum atomic E-state index is 12.0. The number of benzene rings is 1. The van der Waals surface area contributed by atoms with E-state index in [4.69, 9.17) is 4.74 Å². The van der Waals surface area contributed by atoms with Crippen LogP contribution in [0.2, 0.25) is 0 Å². The zero-order chi connectivity index (χ0) is 17.0. The van der Waals surface area contributed by atoms with Gasteiger partial charge in [-0.3, -0.25) is 4.79 Å². The number of carbonyl (C=O) groups is 2. The van der Waals surface area contributed by atoms with Crippen molar-refractivity contribution in [3.05, 3.63) is 50.7 Å². The molecule has 0 fully saturated rings. The van der Waals surface area contributed by atoms with Gasteiger partial charge >= 0.3 is 5.97 Å². The number of hydrogen-bond donors (Lipinski definition) is 1. The number of rotatable bonds is 5. The molecule has 5 heteroatoms. The Balaban J connectivity index is 1.93. The summed E-state index contributed by atoms with van der Waals surface area (Å²) in [6.07, 6.45) is 0.878. The highest BCUT2D eigenvalue weighted by Crippen LogP contribution is 2.22. The average molecular weight is 331 g/mol. The number of ether oxygens (including phenoxy) is 1. The van der Waals surface area contributed by atoms with Crippen molar-refractivity contribution in [2.24, 2.45) is 0 Å². The second-order valence-electron chi connectivity index (χ2n) is 5.49. The molecule has 1 N–H and O–H groups in total. The fourth-order valence-corrected chi connectivity index (χ4v) is 3.24. The lowest BCUT2D eigenvalue weighted by atomic mass is 10.1. The second-order valence-corrected chi connectivity index (χ2v) is 6.74. The molecule has 0 radical (unpaired) electrons. The topological polar surface area (TPSA) is 55.4 Å². The normalized spacial score (nSPS) is 10.4. The number of esters is 1. The Morgan fingerprint density at radius 3 is 2.57 bits per heavy atom. The molecule has 1 aromatic carbocycles. The molecular weight excluding hydrogens is 310 g/mol. The van der Waals surface area contributed by atoms with Crippen LogP contribution in [0, 0.1) is 20.8 Å². The highest BCUT2D eigenvalue weighted by atomic mass is 32.1. The monoisotopic (exact) mass is 331 g/mol. The van der Waals surface area contributed by atoms with Crippen molar-refractivity contribution in [2.45, 2.75) is 34.1 Å². The summed E-state index contributed by atoms with van der Waals surface area (Å²) in [5.74, 6) is -0.787. The van der Waals surface area contributed by atoms with E-state index in [0.29, 0.717) is 4.88 Å². The van der Waals surface area contributed by atoms with Crippen LogP contribution in [0.5, 0.6) is 0 Å². The highest BCUT2D eigenvalue weighted by Gasteiger charge is 2.15. The molecule has 0 saturated heterocycles. The Morgan fingerprint density at radius 1 is 1.17 bits per heavy atom. The second kappa shape index (κ2) is 7.42. The maximum absolute atomic E-state index is 12.0. The van der Waals surface area contributed by atoms with E-state index in [-0.39, 0.29) is 12.5 Å². The first kappa shape index (κ1) is 17.2. The summed E-state index contributed by atoms with van der Waals surface area (Å²) in [6.45, 7) is 7.61. The first-order chi connectivity index (χ1) is 10.9. The molecule has 0 unspecified atom stereocenters. The molecule has 0 saturated carbocycles. The van der Waals surface area contributed by atoms with Crippen molar-refractivity contribution < 1.29 is 14.3 Å². The van der Waals surface area contributed by atoms with Gasteiger partial charge in [0.25, 0.3) is 5.91 Å². The van der Waals surface area contributed by atoms with Crippen molar-refractivity contribution in [3.63, 3.8) is 0 Å². The van der Waals surface area contributed by atoms with Crippen molar-refractivity contribution in [1.29, 1.82) is 0 Å². The Hall–Kier alpha value is -2.14. The van der Waals surface area contributed by atoms with E-state index >= 15 is 0 Å². The van der Waals surface area contributed by atoms with Gasteiger partial charge in [0.2, 0.25) is 0 Å². The predicted molar refractivity (Wildman–Crippen MR) is 93.3 cm³/mol. The first-order valence-corrected chi connectivity index (χ1v) is 8.36. The number of carbonyl (C=O) groups excluding carboxylic acids is 2. The van der Waals surface area contributed by atoms with E-state index in [9.17, 15) is 9.59 Å². The van der Waals surface area contributed by atoms with Crippen LogP contribution in [0.4, 0.5) is 5.69 Å². The lowest BCUT2D eigenvalue weighted by Crippen LogP contribution is -2.21. The fraction of sp³-hybridized carbons (Fsp3) is 0.333. The largest absolute Gasteiger partial charge is 0.451 e. The maximum Gasteiger partial charge on any atom is 0.348 e. The summed E-state index contributed by atoms with van der Waals surface area (Å²) in [6, 6.07) is 7.66. The minimum atomic E-state index is -0.450. The third kappa shape index (κ3) is 4.42. The van der Waals surface area contributed by atoms with Gasteiger partial charge in [-0.25, -0.2) is 4.79 Å². The number of anilines is 1. The number of aryl methyl sites for hydroxylation is 4. The molecule has 1 aromatic heterocycles. The van der Waals surface area contributed by atoms with Gasteiger partial charge in [0.15, 0.2) is 6.61 Å². The first-order valence-electron chi connectivity index (χ1n) is 7.54. The molecule has 2 aromatic rings. The lowest BCUT2D eigenvalue weighted by molar-refractivity contribution is -0.119. The third-order valence-corrected chi connectivity index (χ3v) is 4.68.